The minimum absolute atomic E-state index is 0.0590. The molecule has 7 nitrogen and oxygen atoms in total. The Balaban J connectivity index is 1.55. The number of carbonyl (C=O) groups is 1. The molecule has 0 radical (unpaired) electrons. The van der Waals surface area contributed by atoms with Crippen molar-refractivity contribution >= 4 is 27.8 Å². The van der Waals surface area contributed by atoms with Crippen molar-refractivity contribution in [2.45, 2.75) is 58.2 Å². The number of aryl methyl sites for hydroxylation is 1. The van der Waals surface area contributed by atoms with Crippen LogP contribution in [0, 0.1) is 6.92 Å². The summed E-state index contributed by atoms with van der Waals surface area (Å²) in [7, 11) is 1.63. The van der Waals surface area contributed by atoms with Crippen LogP contribution in [0.4, 0.5) is 0 Å². The number of amides is 1. The highest BCUT2D eigenvalue weighted by atomic mass is 16.5. The van der Waals surface area contributed by atoms with Crippen LogP contribution >= 0.6 is 0 Å². The molecule has 1 aliphatic carbocycles. The molecule has 5 rings (SSSR count). The van der Waals surface area contributed by atoms with E-state index < -0.39 is 0 Å². The zero-order valence-corrected chi connectivity index (χ0v) is 19.7. The van der Waals surface area contributed by atoms with Crippen molar-refractivity contribution < 1.29 is 9.53 Å². The van der Waals surface area contributed by atoms with E-state index in [4.69, 9.17) is 4.74 Å². The van der Waals surface area contributed by atoms with Gasteiger partial charge in [-0.1, -0.05) is 43.0 Å². The van der Waals surface area contributed by atoms with Crippen LogP contribution in [0.2, 0.25) is 0 Å². The van der Waals surface area contributed by atoms with Crippen molar-refractivity contribution in [2.24, 2.45) is 0 Å². The Morgan fingerprint density at radius 2 is 1.88 bits per heavy atom. The first kappa shape index (κ1) is 22.2. The Hall–Kier alpha value is -3.61. The number of nitrogens with zero attached hydrogens (tertiary/aromatic N) is 3. The Labute approximate surface area is 198 Å². The molecule has 1 saturated carbocycles. The predicted molar refractivity (Wildman–Crippen MR) is 133 cm³/mol. The molecule has 0 aliphatic heterocycles. The molecule has 2 aromatic carbocycles. The number of rotatable bonds is 6. The van der Waals surface area contributed by atoms with Gasteiger partial charge in [0.15, 0.2) is 0 Å². The summed E-state index contributed by atoms with van der Waals surface area (Å²) in [6, 6.07) is 13.9. The Bertz CT molecular complexity index is 1400. The number of carbonyl (C=O) groups excluding carboxylic acids is 1. The topological polar surface area (TPSA) is 78.2 Å². The Kier molecular flexibility index (Phi) is 6.09. The highest BCUT2D eigenvalue weighted by molar-refractivity contribution is 6.06. The summed E-state index contributed by atoms with van der Waals surface area (Å²) in [5, 5.41) is 4.08. The lowest BCUT2D eigenvalue weighted by Gasteiger charge is -2.23. The van der Waals surface area contributed by atoms with Crippen LogP contribution in [0.15, 0.2) is 53.6 Å². The molecule has 1 amide bonds. The summed E-state index contributed by atoms with van der Waals surface area (Å²) >= 11 is 0. The first-order valence-corrected chi connectivity index (χ1v) is 11.9. The molecular weight excluding hydrogens is 428 g/mol. The van der Waals surface area contributed by atoms with Crippen LogP contribution in [0.5, 0.6) is 5.75 Å². The van der Waals surface area contributed by atoms with Gasteiger partial charge in [0.2, 0.25) is 5.91 Å². The number of hydrogen-bond acceptors (Lipinski definition) is 4. The van der Waals surface area contributed by atoms with E-state index in [0.29, 0.717) is 17.6 Å². The lowest BCUT2D eigenvalue weighted by molar-refractivity contribution is -0.122. The fourth-order valence-corrected chi connectivity index (χ4v) is 4.98. The van der Waals surface area contributed by atoms with E-state index in [0.717, 1.165) is 53.5 Å². The predicted octanol–water partition coefficient (Wildman–Crippen LogP) is 4.17. The maximum atomic E-state index is 13.6. The molecule has 176 valence electrons. The van der Waals surface area contributed by atoms with E-state index in [1.54, 1.807) is 18.0 Å². The van der Waals surface area contributed by atoms with Gasteiger partial charge in [0.1, 0.15) is 23.3 Å². The number of benzene rings is 2. The molecular formula is C27H30N4O3. The number of nitrogens with one attached hydrogen (secondary N) is 1. The first-order valence-electron chi connectivity index (χ1n) is 11.9. The van der Waals surface area contributed by atoms with Gasteiger partial charge in [-0.15, -0.1) is 0 Å². The van der Waals surface area contributed by atoms with Gasteiger partial charge >= 0.3 is 0 Å². The number of fused-ring (bicyclic) bond motifs is 3. The Morgan fingerprint density at radius 1 is 1.12 bits per heavy atom. The Morgan fingerprint density at radius 3 is 2.62 bits per heavy atom. The number of ether oxygens (including phenoxy) is 1. The summed E-state index contributed by atoms with van der Waals surface area (Å²) in [5.74, 6) is 0.709. The minimum atomic E-state index is -0.153. The van der Waals surface area contributed by atoms with Crippen LogP contribution in [0.25, 0.3) is 21.9 Å². The van der Waals surface area contributed by atoms with Crippen molar-refractivity contribution in [3.8, 4) is 5.75 Å². The fourth-order valence-electron chi connectivity index (χ4n) is 4.98. The van der Waals surface area contributed by atoms with Crippen molar-refractivity contribution in [1.82, 2.24) is 19.4 Å². The molecule has 4 aromatic rings. The standard InChI is InChI=1S/C27H30N4O3/c1-18-8-13-23-22(14-18)25-26(31(23)16-24(32)29-20-6-4-3-5-7-20)27(33)30(17-28-25)15-19-9-11-21(34-2)12-10-19/h8-14,17,20H,3-7,15-16H2,1-2H3,(H,29,32). The van der Waals surface area contributed by atoms with E-state index in [1.807, 2.05) is 54.0 Å². The van der Waals surface area contributed by atoms with Crippen LogP contribution in [-0.2, 0) is 17.9 Å². The summed E-state index contributed by atoms with van der Waals surface area (Å²) in [6.45, 7) is 2.51. The van der Waals surface area contributed by atoms with Crippen molar-refractivity contribution in [3.05, 3.63) is 70.3 Å². The van der Waals surface area contributed by atoms with E-state index >= 15 is 0 Å². The van der Waals surface area contributed by atoms with Crippen molar-refractivity contribution in [1.29, 1.82) is 0 Å². The van der Waals surface area contributed by atoms with E-state index in [-0.39, 0.29) is 24.1 Å². The van der Waals surface area contributed by atoms with E-state index in [9.17, 15) is 9.59 Å². The third-order valence-electron chi connectivity index (χ3n) is 6.77. The molecule has 0 bridgehead atoms. The third kappa shape index (κ3) is 4.30. The summed E-state index contributed by atoms with van der Waals surface area (Å²) < 4.78 is 8.67. The minimum Gasteiger partial charge on any atom is -0.497 e. The molecule has 34 heavy (non-hydrogen) atoms. The SMILES string of the molecule is COc1ccc(Cn2cnc3c4cc(C)ccc4n(CC(=O)NC4CCCCC4)c3c2=O)cc1. The molecule has 1 fully saturated rings. The van der Waals surface area contributed by atoms with Crippen LogP contribution < -0.4 is 15.6 Å². The molecule has 0 saturated heterocycles. The van der Waals surface area contributed by atoms with Crippen molar-refractivity contribution in [3.63, 3.8) is 0 Å². The molecule has 0 spiro atoms. The quantitative estimate of drug-likeness (QED) is 0.471. The van der Waals surface area contributed by atoms with E-state index in [1.165, 1.54) is 6.42 Å². The first-order chi connectivity index (χ1) is 16.5. The second-order valence-electron chi connectivity index (χ2n) is 9.23. The molecule has 0 unspecified atom stereocenters. The average Bonchev–Trinajstić information content (AvgIpc) is 3.15. The van der Waals surface area contributed by atoms with Gasteiger partial charge in [0.05, 0.1) is 25.5 Å². The zero-order chi connectivity index (χ0) is 23.7. The summed E-state index contributed by atoms with van der Waals surface area (Å²) in [6.07, 6.45) is 7.18. The molecule has 0 atom stereocenters. The normalized spacial score (nSPS) is 14.5. The molecule has 7 heteroatoms. The highest BCUT2D eigenvalue weighted by Crippen LogP contribution is 2.27. The van der Waals surface area contributed by atoms with Crippen LogP contribution in [-0.4, -0.2) is 33.2 Å². The summed E-state index contributed by atoms with van der Waals surface area (Å²) in [5.41, 5.74) is 3.86. The maximum absolute atomic E-state index is 13.6. The monoisotopic (exact) mass is 458 g/mol. The molecule has 2 aromatic heterocycles. The van der Waals surface area contributed by atoms with Gasteiger partial charge in [-0.3, -0.25) is 14.2 Å². The highest BCUT2D eigenvalue weighted by Gasteiger charge is 2.21. The average molecular weight is 459 g/mol. The lowest BCUT2D eigenvalue weighted by atomic mass is 9.95. The van der Waals surface area contributed by atoms with Gasteiger partial charge in [0.25, 0.3) is 5.56 Å². The summed E-state index contributed by atoms with van der Waals surface area (Å²) in [4.78, 5) is 31.3. The zero-order valence-electron chi connectivity index (χ0n) is 19.7. The largest absolute Gasteiger partial charge is 0.497 e. The number of aromatic nitrogens is 3. The lowest BCUT2D eigenvalue weighted by Crippen LogP contribution is -2.38. The van der Waals surface area contributed by atoms with Crippen LogP contribution in [0.3, 0.4) is 0 Å². The second-order valence-corrected chi connectivity index (χ2v) is 9.23. The second kappa shape index (κ2) is 9.33. The van der Waals surface area contributed by atoms with Gasteiger partial charge in [-0.05, 0) is 49.6 Å². The third-order valence-corrected chi connectivity index (χ3v) is 6.77. The van der Waals surface area contributed by atoms with Gasteiger partial charge < -0.3 is 14.6 Å². The maximum Gasteiger partial charge on any atom is 0.278 e. The van der Waals surface area contributed by atoms with Gasteiger partial charge in [-0.2, -0.15) is 0 Å². The molecule has 1 aliphatic rings. The number of methoxy groups -OCH3 is 1. The molecule has 1 N–H and O–H groups in total. The van der Waals surface area contributed by atoms with Gasteiger partial charge in [0, 0.05) is 11.4 Å². The molecule has 2 heterocycles. The van der Waals surface area contributed by atoms with Crippen LogP contribution in [0.1, 0.15) is 43.2 Å². The fraction of sp³-hybridized carbons (Fsp3) is 0.370. The van der Waals surface area contributed by atoms with E-state index in [2.05, 4.69) is 10.3 Å². The van der Waals surface area contributed by atoms with Crippen molar-refractivity contribution in [2.75, 3.05) is 7.11 Å². The number of hydrogen-bond donors (Lipinski definition) is 1. The smallest absolute Gasteiger partial charge is 0.278 e. The van der Waals surface area contributed by atoms with Gasteiger partial charge in [-0.25, -0.2) is 4.98 Å².